The molecule has 0 saturated carbocycles. The Balaban J connectivity index is 1.31. The lowest BCUT2D eigenvalue weighted by atomic mass is 10.0. The second-order valence-electron chi connectivity index (χ2n) is 21.0. The van der Waals surface area contributed by atoms with Crippen LogP contribution < -0.4 is 0 Å². The van der Waals surface area contributed by atoms with Crippen molar-refractivity contribution in [2.24, 2.45) is 0 Å². The van der Waals surface area contributed by atoms with E-state index >= 15 is 0 Å². The Morgan fingerprint density at radius 3 is 0.906 bits per heavy atom. The minimum Gasteiger partial charge on any atom is -0.462 e. The highest BCUT2D eigenvalue weighted by atomic mass is 16.7. The van der Waals surface area contributed by atoms with Crippen LogP contribution in [0.4, 0.5) is 0 Å². The first-order valence-electron chi connectivity index (χ1n) is 30.0. The third-order valence-electron chi connectivity index (χ3n) is 14.1. The molecule has 0 radical (unpaired) electrons. The molecule has 0 bridgehead atoms. The number of hydrogen-bond donors (Lipinski definition) is 5. The number of esters is 9. The van der Waals surface area contributed by atoms with Crippen LogP contribution in [0, 0.1) is 0 Å². The van der Waals surface area contributed by atoms with Crippen LogP contribution >= 0.6 is 0 Å². The smallest absolute Gasteiger partial charge is 0.338 e. The van der Waals surface area contributed by atoms with Crippen molar-refractivity contribution in [1.29, 1.82) is 0 Å². The van der Waals surface area contributed by atoms with Crippen LogP contribution in [-0.2, 0) is 61.7 Å². The van der Waals surface area contributed by atoms with E-state index in [2.05, 4.69) is 0 Å². The van der Waals surface area contributed by atoms with Gasteiger partial charge in [0.1, 0.15) is 24.4 Å². The van der Waals surface area contributed by atoms with Crippen LogP contribution in [0.3, 0.4) is 0 Å². The van der Waals surface area contributed by atoms with Gasteiger partial charge >= 0.3 is 53.7 Å². The topological polar surface area (TPSA) is 356 Å². The molecule has 0 heterocycles. The molecule has 0 aliphatic carbocycles. The number of rotatable bonds is 35. The molecular weight excluding hydrogens is 1250 g/mol. The first-order valence-corrected chi connectivity index (χ1v) is 30.0. The van der Waals surface area contributed by atoms with Gasteiger partial charge in [0.05, 0.1) is 52.2 Å². The van der Waals surface area contributed by atoms with Crippen molar-refractivity contribution in [2.75, 3.05) is 19.8 Å². The monoisotopic (exact) mass is 1320 g/mol. The Labute approximate surface area is 550 Å². The van der Waals surface area contributed by atoms with Crippen LogP contribution in [0.5, 0.6) is 0 Å². The molecule has 25 heteroatoms. The maximum atomic E-state index is 14.4. The molecule has 504 valence electrons. The van der Waals surface area contributed by atoms with Crippen molar-refractivity contribution in [1.82, 2.24) is 0 Å². The maximum absolute atomic E-state index is 14.4. The van der Waals surface area contributed by atoms with Gasteiger partial charge in [0.2, 0.25) is 0 Å². The van der Waals surface area contributed by atoms with Gasteiger partial charge in [0.15, 0.2) is 49.4 Å². The molecule has 5 N–H and O–H groups in total. The molecular formula is C71H70O25. The van der Waals surface area contributed by atoms with E-state index in [1.54, 1.807) is 54.6 Å². The highest BCUT2D eigenvalue weighted by Crippen LogP contribution is 2.30. The Hall–Kier alpha value is -10.5. The fourth-order valence-corrected chi connectivity index (χ4v) is 9.55. The largest absolute Gasteiger partial charge is 0.462 e. The summed E-state index contributed by atoms with van der Waals surface area (Å²) in [4.78, 5) is 124. The van der Waals surface area contributed by atoms with Crippen molar-refractivity contribution in [3.8, 4) is 0 Å². The zero-order valence-corrected chi connectivity index (χ0v) is 51.8. The van der Waals surface area contributed by atoms with Crippen LogP contribution in [0.15, 0.2) is 212 Å². The number of aliphatic hydroxyl groups is 5. The van der Waals surface area contributed by atoms with Crippen molar-refractivity contribution in [3.63, 3.8) is 0 Å². The molecule has 0 spiro atoms. The molecule has 7 rings (SSSR count). The average molecular weight is 1320 g/mol. The molecule has 96 heavy (non-hydrogen) atoms. The molecule has 7 aromatic rings. The van der Waals surface area contributed by atoms with Crippen molar-refractivity contribution < 1.29 is 121 Å². The van der Waals surface area contributed by atoms with Crippen molar-refractivity contribution in [3.05, 3.63) is 251 Å². The van der Waals surface area contributed by atoms with E-state index in [9.17, 15) is 68.7 Å². The van der Waals surface area contributed by atoms with Crippen LogP contribution in [0.2, 0.25) is 0 Å². The predicted molar refractivity (Wildman–Crippen MR) is 334 cm³/mol. The molecule has 0 aromatic heterocycles. The van der Waals surface area contributed by atoms with Gasteiger partial charge in [-0.3, -0.25) is 9.59 Å². The van der Waals surface area contributed by atoms with E-state index in [1.807, 2.05) is 0 Å². The van der Waals surface area contributed by atoms with Gasteiger partial charge in [0, 0.05) is 39.7 Å². The van der Waals surface area contributed by atoms with Gasteiger partial charge in [-0.1, -0.05) is 127 Å². The highest BCUT2D eigenvalue weighted by molar-refractivity contribution is 5.93. The number of ether oxygens (including phenoxy) is 11. The van der Waals surface area contributed by atoms with Gasteiger partial charge in [-0.25, -0.2) is 33.6 Å². The Kier molecular flexibility index (Phi) is 28.4. The summed E-state index contributed by atoms with van der Waals surface area (Å²) in [5.41, 5.74) is -0.460. The third kappa shape index (κ3) is 22.1. The van der Waals surface area contributed by atoms with Crippen LogP contribution in [0.1, 0.15) is 106 Å². The van der Waals surface area contributed by atoms with Crippen LogP contribution in [-0.4, -0.2) is 173 Å². The van der Waals surface area contributed by atoms with Crippen LogP contribution in [0.25, 0.3) is 0 Å². The summed E-state index contributed by atoms with van der Waals surface area (Å²) in [6.45, 7) is -0.559. The van der Waals surface area contributed by atoms with E-state index < -0.39 is 167 Å². The number of benzene rings is 7. The lowest BCUT2D eigenvalue weighted by Crippen LogP contribution is -2.56. The summed E-state index contributed by atoms with van der Waals surface area (Å²) in [5, 5.41) is 57.5. The summed E-state index contributed by atoms with van der Waals surface area (Å²) in [5.74, 6) is -10.0. The first kappa shape index (κ1) is 72.9. The van der Waals surface area contributed by atoms with E-state index in [-0.39, 0.29) is 38.9 Å². The van der Waals surface area contributed by atoms with E-state index in [1.165, 1.54) is 158 Å². The summed E-state index contributed by atoms with van der Waals surface area (Å²) in [6, 6.07) is 51.3. The second kappa shape index (κ2) is 37.4. The zero-order valence-electron chi connectivity index (χ0n) is 51.8. The predicted octanol–water partition coefficient (Wildman–Crippen LogP) is 6.57. The van der Waals surface area contributed by atoms with Gasteiger partial charge in [0.25, 0.3) is 0 Å². The number of hydrogen-bond acceptors (Lipinski definition) is 25. The van der Waals surface area contributed by atoms with Gasteiger partial charge < -0.3 is 77.6 Å². The molecule has 0 aliphatic rings. The fourth-order valence-electron chi connectivity index (χ4n) is 9.55. The second-order valence-corrected chi connectivity index (χ2v) is 21.0. The number of carbonyl (C=O) groups is 9. The fraction of sp³-hybridized carbons (Fsp3) is 0.282. The Bertz CT molecular complexity index is 3600. The van der Waals surface area contributed by atoms with E-state index in [0.717, 1.165) is 13.8 Å². The summed E-state index contributed by atoms with van der Waals surface area (Å²) in [7, 11) is 0. The minimum atomic E-state index is -2.81. The third-order valence-corrected chi connectivity index (χ3v) is 14.1. The summed E-state index contributed by atoms with van der Waals surface area (Å²) in [6.07, 6.45) is -29.5. The Morgan fingerprint density at radius 1 is 0.302 bits per heavy atom. The Morgan fingerprint density at radius 2 is 0.583 bits per heavy atom. The van der Waals surface area contributed by atoms with Gasteiger partial charge in [-0.05, 0) is 84.9 Å². The van der Waals surface area contributed by atoms with E-state index in [0.29, 0.717) is 0 Å². The minimum absolute atomic E-state index is 0.000747. The van der Waals surface area contributed by atoms with Crippen molar-refractivity contribution in [2.45, 2.75) is 107 Å². The molecule has 7 aromatic carbocycles. The summed E-state index contributed by atoms with van der Waals surface area (Å²) < 4.78 is 64.5. The lowest BCUT2D eigenvalue weighted by Gasteiger charge is -2.39. The molecule has 0 saturated heterocycles. The number of aliphatic hydroxyl groups excluding tert-OH is 4. The van der Waals surface area contributed by atoms with Gasteiger partial charge in [-0.2, -0.15) is 0 Å². The number of carbonyl (C=O) groups excluding carboxylic acids is 9. The maximum Gasteiger partial charge on any atom is 0.338 e. The summed E-state index contributed by atoms with van der Waals surface area (Å²) >= 11 is 0. The van der Waals surface area contributed by atoms with E-state index in [4.69, 9.17) is 52.1 Å². The molecule has 0 amide bonds. The average Bonchev–Trinajstić information content (AvgIpc) is 0.843. The highest BCUT2D eigenvalue weighted by Gasteiger charge is 2.49. The normalized spacial score (nSPS) is 14.5. The SMILES string of the molecule is CC(=O)OC(CCOC(O)C(OC(=O)c1ccccc1)C(OC(=O)c1ccccc1)C(CCO)OC(=O)c1ccccc1)C(OC(O)C(OC(=O)c1ccccc1)C(OC(=O)c1ccccc1)C(CCOC(=O)c1ccccc1)OC(=O)c1ccccc1)C(OC(C)=O)C(O)O. The standard InChI is InChI=1S/C71H70O25/c1-44(73)88-54(39-43-87-70(84)60(95-68(82)51-34-20-8-21-35-51)57(92-66(80)49-30-16-6-17-31-49)53(38-41-72)90-64(78)47-26-12-4-13-27-47)56(59(62(75)76)89-45(2)74)94-71(85)61(96-69(83)52-36-22-9-23-37-52)58(93-67(81)50-32-18-7-19-33-50)55(91-65(79)48-28-14-5-15-29-48)40-42-86-63(77)46-24-10-3-11-25-46/h3-37,53-62,70-72,75-76,84-85H,38-43H2,1-2H3. The molecule has 25 nitrogen and oxygen atoms in total. The zero-order chi connectivity index (χ0) is 68.9. The quantitative estimate of drug-likeness (QED) is 0.0159. The first-order chi connectivity index (χ1) is 46.3. The molecule has 0 aliphatic heterocycles. The van der Waals surface area contributed by atoms with Gasteiger partial charge in [-0.15, -0.1) is 0 Å². The van der Waals surface area contributed by atoms with Crippen molar-refractivity contribution >= 4 is 53.7 Å². The molecule has 0 fully saturated rings. The molecule has 11 unspecified atom stereocenters. The molecule has 11 atom stereocenters. The lowest BCUT2D eigenvalue weighted by molar-refractivity contribution is -0.275.